The van der Waals surface area contributed by atoms with Crippen LogP contribution < -0.4 is 10.2 Å². The minimum atomic E-state index is 0.515. The maximum atomic E-state index is 9.69. The molecular weight excluding hydrogens is 472 g/mol. The number of aromatic nitrogens is 5. The van der Waals surface area contributed by atoms with Crippen LogP contribution in [-0.2, 0) is 13.6 Å². The molecule has 0 spiro atoms. The summed E-state index contributed by atoms with van der Waals surface area (Å²) in [5.74, 6) is 0.985. The second-order valence-electron chi connectivity index (χ2n) is 10.0. The lowest BCUT2D eigenvalue weighted by Gasteiger charge is -2.33. The quantitative estimate of drug-likeness (QED) is 0.361. The van der Waals surface area contributed by atoms with Crippen LogP contribution in [0.15, 0.2) is 73.4 Å². The number of pyridine rings is 2. The molecule has 0 unspecified atom stereocenters. The molecule has 38 heavy (non-hydrogen) atoms. The Morgan fingerprint density at radius 2 is 1.76 bits per heavy atom. The van der Waals surface area contributed by atoms with Crippen LogP contribution in [0.2, 0.25) is 0 Å². The summed E-state index contributed by atoms with van der Waals surface area (Å²) in [6, 6.07) is 17.8. The molecule has 5 aromatic rings. The summed E-state index contributed by atoms with van der Waals surface area (Å²) in [6.45, 7) is 4.97. The number of rotatable bonds is 6. The van der Waals surface area contributed by atoms with Gasteiger partial charge in [-0.25, -0.2) is 9.50 Å². The highest BCUT2D eigenvalue weighted by Crippen LogP contribution is 2.32. The predicted molar refractivity (Wildman–Crippen MR) is 149 cm³/mol. The molecule has 1 fully saturated rings. The minimum absolute atomic E-state index is 0.515. The van der Waals surface area contributed by atoms with Crippen molar-refractivity contribution in [2.45, 2.75) is 32.4 Å². The summed E-state index contributed by atoms with van der Waals surface area (Å²) >= 11 is 0. The molecule has 1 N–H and O–H groups in total. The Labute approximate surface area is 222 Å². The molecule has 8 heteroatoms. The van der Waals surface area contributed by atoms with Gasteiger partial charge in [-0.1, -0.05) is 29.8 Å². The zero-order chi connectivity index (χ0) is 26.1. The lowest BCUT2D eigenvalue weighted by atomic mass is 10.0. The van der Waals surface area contributed by atoms with Crippen molar-refractivity contribution in [1.29, 1.82) is 5.26 Å². The lowest BCUT2D eigenvalue weighted by molar-refractivity contribution is 0.413. The number of fused-ring (bicyclic) bond motifs is 1. The van der Waals surface area contributed by atoms with E-state index >= 15 is 0 Å². The molecule has 0 saturated carbocycles. The van der Waals surface area contributed by atoms with Crippen LogP contribution in [0.5, 0.6) is 0 Å². The van der Waals surface area contributed by atoms with Crippen LogP contribution in [-0.4, -0.2) is 43.5 Å². The average Bonchev–Trinajstić information content (AvgIpc) is 3.58. The summed E-state index contributed by atoms with van der Waals surface area (Å²) in [7, 11) is 1.90. The highest BCUT2D eigenvalue weighted by atomic mass is 15.2. The van der Waals surface area contributed by atoms with Gasteiger partial charge in [-0.05, 0) is 43.5 Å². The van der Waals surface area contributed by atoms with Crippen LogP contribution in [0, 0.1) is 18.3 Å². The van der Waals surface area contributed by atoms with Gasteiger partial charge in [0.25, 0.3) is 0 Å². The van der Waals surface area contributed by atoms with Crippen LogP contribution in [0.4, 0.5) is 5.82 Å². The van der Waals surface area contributed by atoms with Crippen LogP contribution in [0.25, 0.3) is 27.8 Å². The zero-order valence-electron chi connectivity index (χ0n) is 21.7. The smallest absolute Gasteiger partial charge is 0.128 e. The number of nitrogens with zero attached hydrogens (tertiary/aromatic N) is 7. The van der Waals surface area contributed by atoms with E-state index in [0.29, 0.717) is 11.6 Å². The molecule has 6 rings (SSSR count). The van der Waals surface area contributed by atoms with E-state index < -0.39 is 0 Å². The molecule has 4 aromatic heterocycles. The van der Waals surface area contributed by atoms with Crippen molar-refractivity contribution >= 4 is 11.3 Å². The Bertz CT molecular complexity index is 1600. The lowest BCUT2D eigenvalue weighted by Crippen LogP contribution is -2.42. The molecule has 0 radical (unpaired) electrons. The number of aryl methyl sites for hydroxylation is 2. The fourth-order valence-electron chi connectivity index (χ4n) is 5.16. The summed E-state index contributed by atoms with van der Waals surface area (Å²) < 4.78 is 3.55. The maximum Gasteiger partial charge on any atom is 0.128 e. The molecule has 190 valence electrons. The fraction of sp³-hybridized carbons (Fsp3) is 0.267. The number of benzene rings is 1. The second-order valence-corrected chi connectivity index (χ2v) is 10.0. The normalized spacial score (nSPS) is 14.2. The summed E-state index contributed by atoms with van der Waals surface area (Å²) in [5, 5.41) is 22.2. The predicted octanol–water partition coefficient (Wildman–Crippen LogP) is 4.74. The molecule has 0 aliphatic carbocycles. The number of hydrogen-bond acceptors (Lipinski definition) is 6. The van der Waals surface area contributed by atoms with Crippen molar-refractivity contribution in [3.05, 3.63) is 90.1 Å². The number of nitriles is 1. The van der Waals surface area contributed by atoms with E-state index in [4.69, 9.17) is 4.98 Å². The summed E-state index contributed by atoms with van der Waals surface area (Å²) in [6.07, 6.45) is 11.4. The number of anilines is 1. The first-order valence-electron chi connectivity index (χ1n) is 13.0. The van der Waals surface area contributed by atoms with Gasteiger partial charge in [0.15, 0.2) is 0 Å². The molecular formula is C30H30N8. The van der Waals surface area contributed by atoms with E-state index in [-0.39, 0.29) is 0 Å². The summed E-state index contributed by atoms with van der Waals surface area (Å²) in [4.78, 5) is 7.19. The van der Waals surface area contributed by atoms with E-state index in [1.807, 2.05) is 31.8 Å². The Balaban J connectivity index is 1.18. The molecule has 0 bridgehead atoms. The molecule has 1 aromatic carbocycles. The molecule has 1 aliphatic rings. The average molecular weight is 503 g/mol. The topological polar surface area (TPSA) is 87.1 Å². The van der Waals surface area contributed by atoms with Crippen LogP contribution in [0.3, 0.4) is 0 Å². The van der Waals surface area contributed by atoms with E-state index in [2.05, 4.69) is 75.9 Å². The van der Waals surface area contributed by atoms with Crippen LogP contribution in [0.1, 0.15) is 29.5 Å². The Morgan fingerprint density at radius 3 is 2.45 bits per heavy atom. The van der Waals surface area contributed by atoms with Gasteiger partial charge < -0.3 is 10.2 Å². The zero-order valence-corrected chi connectivity index (χ0v) is 21.7. The summed E-state index contributed by atoms with van der Waals surface area (Å²) in [5.41, 5.74) is 7.81. The van der Waals surface area contributed by atoms with E-state index in [9.17, 15) is 5.26 Å². The van der Waals surface area contributed by atoms with Gasteiger partial charge in [0.1, 0.15) is 11.9 Å². The van der Waals surface area contributed by atoms with Gasteiger partial charge >= 0.3 is 0 Å². The number of piperidine rings is 1. The van der Waals surface area contributed by atoms with Crippen molar-refractivity contribution in [2.24, 2.45) is 7.05 Å². The van der Waals surface area contributed by atoms with E-state index in [0.717, 1.165) is 66.1 Å². The highest BCUT2D eigenvalue weighted by Gasteiger charge is 2.20. The third kappa shape index (κ3) is 4.76. The van der Waals surface area contributed by atoms with Gasteiger partial charge in [0.2, 0.25) is 0 Å². The second kappa shape index (κ2) is 10.1. The largest absolute Gasteiger partial charge is 0.357 e. The third-order valence-electron chi connectivity index (χ3n) is 7.36. The number of nitrogens with one attached hydrogen (secondary N) is 1. The van der Waals surface area contributed by atoms with Gasteiger partial charge in [0.05, 0.1) is 23.5 Å². The monoisotopic (exact) mass is 502 g/mol. The van der Waals surface area contributed by atoms with Crippen molar-refractivity contribution in [3.8, 4) is 28.3 Å². The number of hydrogen-bond donors (Lipinski definition) is 1. The first-order chi connectivity index (χ1) is 18.6. The first kappa shape index (κ1) is 23.9. The first-order valence-corrected chi connectivity index (χ1v) is 13.0. The molecule has 8 nitrogen and oxygen atoms in total. The maximum absolute atomic E-state index is 9.69. The van der Waals surface area contributed by atoms with Crippen LogP contribution >= 0.6 is 0 Å². The van der Waals surface area contributed by atoms with Crippen molar-refractivity contribution in [3.63, 3.8) is 0 Å². The van der Waals surface area contributed by atoms with Crippen molar-refractivity contribution < 1.29 is 0 Å². The molecule has 1 saturated heterocycles. The van der Waals surface area contributed by atoms with Gasteiger partial charge in [-0.15, -0.1) is 0 Å². The highest BCUT2D eigenvalue weighted by molar-refractivity contribution is 5.87. The minimum Gasteiger partial charge on any atom is -0.357 e. The Kier molecular flexibility index (Phi) is 6.36. The van der Waals surface area contributed by atoms with E-state index in [1.54, 1.807) is 15.4 Å². The van der Waals surface area contributed by atoms with Crippen molar-refractivity contribution in [2.75, 3.05) is 18.0 Å². The SMILES string of the molecule is Cc1ccc(CNC2CCN(c3ccc(-c4cc(-c5cnn(C)c5)cn5ncc(C#N)c45)cn3)CC2)cc1. The molecule has 1 aliphatic heterocycles. The Morgan fingerprint density at radius 1 is 0.947 bits per heavy atom. The van der Waals surface area contributed by atoms with Crippen molar-refractivity contribution in [1.82, 2.24) is 29.7 Å². The van der Waals surface area contributed by atoms with Gasteiger partial charge in [0, 0.05) is 73.6 Å². The molecule has 5 heterocycles. The van der Waals surface area contributed by atoms with Gasteiger partial charge in [-0.2, -0.15) is 15.5 Å². The standard InChI is InChI=1S/C30H30N8/c1-21-3-5-22(6-4-21)15-32-27-9-11-37(12-10-27)29-8-7-23(16-33-29)28-13-24(26-18-34-36(2)19-26)20-38-30(28)25(14-31)17-35-38/h3-8,13,16-20,27,32H,9-12,15H2,1-2H3. The van der Waals surface area contributed by atoms with E-state index in [1.165, 1.54) is 11.1 Å². The van der Waals surface area contributed by atoms with Gasteiger partial charge in [-0.3, -0.25) is 4.68 Å². The molecule has 0 atom stereocenters. The third-order valence-corrected chi connectivity index (χ3v) is 7.36. The Hall–Kier alpha value is -4.48. The fourth-order valence-corrected chi connectivity index (χ4v) is 5.16. The molecule has 0 amide bonds.